The van der Waals surface area contributed by atoms with Crippen LogP contribution in [0.25, 0.3) is 27.7 Å². The fourth-order valence-electron chi connectivity index (χ4n) is 3.98. The van der Waals surface area contributed by atoms with Gasteiger partial charge in [-0.3, -0.25) is 0 Å². The molecule has 4 aromatic rings. The van der Waals surface area contributed by atoms with Crippen molar-refractivity contribution in [3.05, 3.63) is 76.9 Å². The molecule has 0 aliphatic heterocycles. The molecule has 0 amide bonds. The van der Waals surface area contributed by atoms with Crippen LogP contribution in [0.2, 0.25) is 0 Å². The highest BCUT2D eigenvalue weighted by molar-refractivity contribution is 5.97. The zero-order chi connectivity index (χ0) is 21.9. The standard InChI is InChI=1S/C24H20F3N3O/c1-12(15-6-8-18(9-7-15)24(25,26)27)19-10-17(21-13(2)30-31-14(21)3)11-20-22(19)29-23(28-20)16-4-5-16/h6-11,16H,1,4-5H2,2-3H3,(H,28,29). The highest BCUT2D eigenvalue weighted by atomic mass is 19.4. The number of benzene rings is 2. The van der Waals surface area contributed by atoms with Gasteiger partial charge < -0.3 is 9.51 Å². The Labute approximate surface area is 176 Å². The van der Waals surface area contributed by atoms with Gasteiger partial charge in [-0.1, -0.05) is 23.9 Å². The Morgan fingerprint density at radius 3 is 2.42 bits per heavy atom. The molecular formula is C24H20F3N3O. The van der Waals surface area contributed by atoms with Crippen molar-refractivity contribution in [3.63, 3.8) is 0 Å². The lowest BCUT2D eigenvalue weighted by atomic mass is 9.93. The van der Waals surface area contributed by atoms with Crippen LogP contribution < -0.4 is 0 Å². The molecule has 2 heterocycles. The van der Waals surface area contributed by atoms with Gasteiger partial charge in [0.25, 0.3) is 0 Å². The van der Waals surface area contributed by atoms with Gasteiger partial charge in [0, 0.05) is 17.0 Å². The summed E-state index contributed by atoms with van der Waals surface area (Å²) in [5.74, 6) is 2.07. The molecule has 4 nitrogen and oxygen atoms in total. The van der Waals surface area contributed by atoms with Crippen LogP contribution in [0.15, 0.2) is 47.5 Å². The van der Waals surface area contributed by atoms with Crippen LogP contribution in [-0.2, 0) is 6.18 Å². The number of imidazole rings is 1. The maximum atomic E-state index is 13.0. The van der Waals surface area contributed by atoms with E-state index in [1.165, 1.54) is 12.1 Å². The van der Waals surface area contributed by atoms with Gasteiger partial charge in [-0.15, -0.1) is 0 Å². The lowest BCUT2D eigenvalue weighted by Crippen LogP contribution is -2.04. The quantitative estimate of drug-likeness (QED) is 0.393. The first kappa shape index (κ1) is 19.6. The van der Waals surface area contributed by atoms with Crippen molar-refractivity contribution in [1.29, 1.82) is 0 Å². The molecular weight excluding hydrogens is 403 g/mol. The normalized spacial score (nSPS) is 14.4. The maximum absolute atomic E-state index is 13.0. The summed E-state index contributed by atoms with van der Waals surface area (Å²) < 4.78 is 44.3. The Hall–Kier alpha value is -3.35. The van der Waals surface area contributed by atoms with E-state index in [-0.39, 0.29) is 0 Å². The van der Waals surface area contributed by atoms with Crippen LogP contribution in [0, 0.1) is 13.8 Å². The molecule has 1 aliphatic carbocycles. The molecule has 0 bridgehead atoms. The van der Waals surface area contributed by atoms with Crippen molar-refractivity contribution >= 4 is 16.6 Å². The van der Waals surface area contributed by atoms with Gasteiger partial charge in [0.2, 0.25) is 0 Å². The van der Waals surface area contributed by atoms with E-state index in [2.05, 4.69) is 16.7 Å². The van der Waals surface area contributed by atoms with Crippen LogP contribution in [0.3, 0.4) is 0 Å². The molecule has 1 aliphatic rings. The highest BCUT2D eigenvalue weighted by Crippen LogP contribution is 2.41. The minimum absolute atomic E-state index is 0.432. The van der Waals surface area contributed by atoms with Gasteiger partial charge in [-0.25, -0.2) is 4.98 Å². The van der Waals surface area contributed by atoms with Gasteiger partial charge in [-0.2, -0.15) is 13.2 Å². The number of fused-ring (bicyclic) bond motifs is 1. The lowest BCUT2D eigenvalue weighted by Gasteiger charge is -2.12. The summed E-state index contributed by atoms with van der Waals surface area (Å²) >= 11 is 0. The molecule has 2 aromatic carbocycles. The number of nitrogens with one attached hydrogen (secondary N) is 1. The van der Waals surface area contributed by atoms with Crippen molar-refractivity contribution in [2.75, 3.05) is 0 Å². The Kier molecular flexibility index (Phi) is 4.32. The predicted octanol–water partition coefficient (Wildman–Crippen LogP) is 6.79. The Balaban J connectivity index is 1.66. The number of nitrogens with zero attached hydrogens (tertiary/aromatic N) is 2. The second-order valence-corrected chi connectivity index (χ2v) is 8.07. The van der Waals surface area contributed by atoms with Crippen LogP contribution in [0.5, 0.6) is 0 Å². The van der Waals surface area contributed by atoms with E-state index in [4.69, 9.17) is 9.51 Å². The van der Waals surface area contributed by atoms with E-state index in [0.717, 1.165) is 64.2 Å². The summed E-state index contributed by atoms with van der Waals surface area (Å²) in [6, 6.07) is 9.05. The Morgan fingerprint density at radius 2 is 1.84 bits per heavy atom. The molecule has 31 heavy (non-hydrogen) atoms. The van der Waals surface area contributed by atoms with E-state index in [1.54, 1.807) is 0 Å². The topological polar surface area (TPSA) is 54.7 Å². The number of aryl methyl sites for hydroxylation is 2. The predicted molar refractivity (Wildman–Crippen MR) is 113 cm³/mol. The number of hydrogen-bond donors (Lipinski definition) is 1. The Morgan fingerprint density at radius 1 is 1.13 bits per heavy atom. The molecule has 1 saturated carbocycles. The van der Waals surface area contributed by atoms with E-state index >= 15 is 0 Å². The number of H-pyrrole nitrogens is 1. The highest BCUT2D eigenvalue weighted by Gasteiger charge is 2.30. The van der Waals surface area contributed by atoms with Gasteiger partial charge in [0.05, 0.1) is 22.3 Å². The molecule has 1 fully saturated rings. The fraction of sp³-hybridized carbons (Fsp3) is 0.250. The SMILES string of the molecule is C=C(c1ccc(C(F)(F)F)cc1)c1cc(-c2c(C)noc2C)cc2nc(C3CC3)[nH]c12. The average molecular weight is 423 g/mol. The number of rotatable bonds is 4. The van der Waals surface area contributed by atoms with Gasteiger partial charge in [0.15, 0.2) is 0 Å². The number of alkyl halides is 3. The summed E-state index contributed by atoms with van der Waals surface area (Å²) in [6.07, 6.45) is -2.17. The van der Waals surface area contributed by atoms with Crippen LogP contribution in [0.4, 0.5) is 13.2 Å². The minimum Gasteiger partial charge on any atom is -0.361 e. The first-order chi connectivity index (χ1) is 14.7. The van der Waals surface area contributed by atoms with Crippen molar-refractivity contribution in [1.82, 2.24) is 15.1 Å². The largest absolute Gasteiger partial charge is 0.416 e. The van der Waals surface area contributed by atoms with Crippen LogP contribution in [-0.4, -0.2) is 15.1 Å². The zero-order valence-electron chi connectivity index (χ0n) is 17.1. The van der Waals surface area contributed by atoms with Crippen molar-refractivity contribution in [2.45, 2.75) is 38.8 Å². The smallest absolute Gasteiger partial charge is 0.361 e. The molecule has 0 unspecified atom stereocenters. The molecule has 0 radical (unpaired) electrons. The first-order valence-corrected chi connectivity index (χ1v) is 10.1. The second-order valence-electron chi connectivity index (χ2n) is 8.07. The Bertz CT molecular complexity index is 1290. The second kappa shape index (κ2) is 6.83. The molecule has 7 heteroatoms. The summed E-state index contributed by atoms with van der Waals surface area (Å²) in [5.41, 5.74) is 5.53. The molecule has 0 atom stereocenters. The number of aromatic nitrogens is 3. The third-order valence-electron chi connectivity index (χ3n) is 5.78. The molecule has 5 rings (SSSR count). The van der Waals surface area contributed by atoms with Crippen LogP contribution in [0.1, 0.15) is 52.7 Å². The van der Waals surface area contributed by atoms with E-state index in [9.17, 15) is 13.2 Å². The van der Waals surface area contributed by atoms with E-state index in [1.807, 2.05) is 26.0 Å². The maximum Gasteiger partial charge on any atom is 0.416 e. The summed E-state index contributed by atoms with van der Waals surface area (Å²) in [7, 11) is 0. The number of aromatic amines is 1. The lowest BCUT2D eigenvalue weighted by molar-refractivity contribution is -0.137. The fourth-order valence-corrected chi connectivity index (χ4v) is 3.98. The third-order valence-corrected chi connectivity index (χ3v) is 5.78. The minimum atomic E-state index is -4.38. The molecule has 0 saturated heterocycles. The van der Waals surface area contributed by atoms with Crippen molar-refractivity contribution in [2.24, 2.45) is 0 Å². The first-order valence-electron chi connectivity index (χ1n) is 10.1. The molecule has 158 valence electrons. The van der Waals surface area contributed by atoms with Crippen molar-refractivity contribution in [3.8, 4) is 11.1 Å². The average Bonchev–Trinajstić information content (AvgIpc) is 3.41. The summed E-state index contributed by atoms with van der Waals surface area (Å²) in [5, 5.41) is 4.05. The molecule has 2 aromatic heterocycles. The van der Waals surface area contributed by atoms with Gasteiger partial charge >= 0.3 is 6.18 Å². The van der Waals surface area contributed by atoms with E-state index < -0.39 is 11.7 Å². The number of hydrogen-bond acceptors (Lipinski definition) is 3. The molecule has 0 spiro atoms. The van der Waals surface area contributed by atoms with Gasteiger partial charge in [-0.05, 0) is 67.7 Å². The molecule has 1 N–H and O–H groups in total. The number of halogens is 3. The summed E-state index contributed by atoms with van der Waals surface area (Å²) in [6.45, 7) is 7.93. The van der Waals surface area contributed by atoms with Gasteiger partial charge in [0.1, 0.15) is 11.6 Å². The van der Waals surface area contributed by atoms with Crippen molar-refractivity contribution < 1.29 is 17.7 Å². The summed E-state index contributed by atoms with van der Waals surface area (Å²) in [4.78, 5) is 8.21. The zero-order valence-corrected chi connectivity index (χ0v) is 17.1. The van der Waals surface area contributed by atoms with Crippen LogP contribution >= 0.6 is 0 Å². The van der Waals surface area contributed by atoms with E-state index in [0.29, 0.717) is 22.8 Å². The monoisotopic (exact) mass is 423 g/mol. The third kappa shape index (κ3) is 3.44.